The van der Waals surface area contributed by atoms with Gasteiger partial charge in [-0.05, 0) is 53.9 Å². The van der Waals surface area contributed by atoms with E-state index >= 15 is 0 Å². The Morgan fingerprint density at radius 2 is 1.62 bits per heavy atom. The van der Waals surface area contributed by atoms with Gasteiger partial charge in [0.15, 0.2) is 0 Å². The van der Waals surface area contributed by atoms with Crippen LogP contribution < -0.4 is 0 Å². The van der Waals surface area contributed by atoms with Gasteiger partial charge in [-0.15, -0.1) is 0 Å². The van der Waals surface area contributed by atoms with Gasteiger partial charge in [0, 0.05) is 0 Å². The molecule has 0 saturated heterocycles. The van der Waals surface area contributed by atoms with Crippen LogP contribution in [0.3, 0.4) is 0 Å². The van der Waals surface area contributed by atoms with Crippen molar-refractivity contribution in [3.05, 3.63) is 34.4 Å². The number of benzene rings is 1. The number of hydrogen-bond acceptors (Lipinski definition) is 1. The van der Waals surface area contributed by atoms with Gasteiger partial charge in [-0.2, -0.15) is 0 Å². The number of fused-ring (bicyclic) bond motifs is 1. The molecular weight excluding hydrogens is 196 g/mol. The first-order chi connectivity index (χ1) is 7.69. The predicted molar refractivity (Wildman–Crippen MR) is 67.8 cm³/mol. The van der Waals surface area contributed by atoms with E-state index < -0.39 is 0 Å². The predicted octanol–water partition coefficient (Wildman–Crippen LogP) is 3.74. The minimum absolute atomic E-state index is 0.229. The molecule has 0 radical (unpaired) electrons. The molecule has 1 nitrogen and oxygen atoms in total. The fourth-order valence-corrected chi connectivity index (χ4v) is 3.02. The highest BCUT2D eigenvalue weighted by molar-refractivity contribution is 5.46. The molecule has 0 amide bonds. The molecular formula is C15H22O. The zero-order valence-corrected chi connectivity index (χ0v) is 10.6. The van der Waals surface area contributed by atoms with Crippen molar-refractivity contribution in [1.82, 2.24) is 0 Å². The van der Waals surface area contributed by atoms with Gasteiger partial charge in [0.1, 0.15) is 0 Å². The van der Waals surface area contributed by atoms with Gasteiger partial charge >= 0.3 is 0 Å². The Morgan fingerprint density at radius 3 is 2.19 bits per heavy atom. The van der Waals surface area contributed by atoms with Crippen LogP contribution in [-0.2, 0) is 12.8 Å². The highest BCUT2D eigenvalue weighted by atomic mass is 16.3. The molecule has 1 N–H and O–H groups in total. The SMILES string of the molecule is CCc1ccc(CC)c2c1C(C)CC[C@@H]2O. The summed E-state index contributed by atoms with van der Waals surface area (Å²) in [5.74, 6) is 0.611. The molecule has 16 heavy (non-hydrogen) atoms. The van der Waals surface area contributed by atoms with E-state index in [2.05, 4.69) is 32.9 Å². The third kappa shape index (κ3) is 1.78. The first-order valence-corrected chi connectivity index (χ1v) is 6.51. The topological polar surface area (TPSA) is 20.2 Å². The molecule has 1 aromatic rings. The highest BCUT2D eigenvalue weighted by Crippen LogP contribution is 2.41. The maximum absolute atomic E-state index is 10.2. The van der Waals surface area contributed by atoms with Crippen molar-refractivity contribution in [2.45, 2.75) is 58.5 Å². The Balaban J connectivity index is 2.63. The minimum atomic E-state index is -0.229. The minimum Gasteiger partial charge on any atom is -0.388 e. The molecule has 1 aliphatic carbocycles. The summed E-state index contributed by atoms with van der Waals surface area (Å²) in [6, 6.07) is 4.46. The molecule has 0 aromatic heterocycles. The lowest BCUT2D eigenvalue weighted by molar-refractivity contribution is 0.150. The van der Waals surface area contributed by atoms with Gasteiger partial charge in [0.05, 0.1) is 6.10 Å². The lowest BCUT2D eigenvalue weighted by Gasteiger charge is -2.31. The summed E-state index contributed by atoms with van der Waals surface area (Å²) in [7, 11) is 0. The molecule has 0 fully saturated rings. The number of hydrogen-bond donors (Lipinski definition) is 1. The van der Waals surface area contributed by atoms with Crippen LogP contribution in [0.4, 0.5) is 0 Å². The van der Waals surface area contributed by atoms with E-state index in [9.17, 15) is 5.11 Å². The standard InChI is InChI=1S/C15H22O/c1-4-11-7-8-12(5-2)15-13(16)9-6-10(3)14(11)15/h7-8,10,13,16H,4-6,9H2,1-3H3/t10?,13-/m0/s1. The van der Waals surface area contributed by atoms with Gasteiger partial charge in [0.2, 0.25) is 0 Å². The molecule has 1 unspecified atom stereocenters. The first-order valence-electron chi connectivity index (χ1n) is 6.51. The summed E-state index contributed by atoms with van der Waals surface area (Å²) in [6.45, 7) is 6.67. The molecule has 0 aliphatic heterocycles. The summed E-state index contributed by atoms with van der Waals surface area (Å²) in [5, 5.41) is 10.2. The third-order valence-corrected chi connectivity index (χ3v) is 3.93. The van der Waals surface area contributed by atoms with Crippen molar-refractivity contribution >= 4 is 0 Å². The van der Waals surface area contributed by atoms with Crippen molar-refractivity contribution in [3.63, 3.8) is 0 Å². The van der Waals surface area contributed by atoms with Crippen molar-refractivity contribution in [2.24, 2.45) is 0 Å². The van der Waals surface area contributed by atoms with Crippen LogP contribution in [-0.4, -0.2) is 5.11 Å². The summed E-state index contributed by atoms with van der Waals surface area (Å²) in [4.78, 5) is 0. The average molecular weight is 218 g/mol. The Hall–Kier alpha value is -0.820. The second-order valence-electron chi connectivity index (χ2n) is 4.91. The molecule has 1 heteroatoms. The quantitative estimate of drug-likeness (QED) is 0.801. The maximum atomic E-state index is 10.2. The Morgan fingerprint density at radius 1 is 1.06 bits per heavy atom. The second-order valence-corrected chi connectivity index (χ2v) is 4.91. The third-order valence-electron chi connectivity index (χ3n) is 3.93. The average Bonchev–Trinajstić information content (AvgIpc) is 2.32. The molecule has 1 aliphatic rings. The molecule has 2 rings (SSSR count). The van der Waals surface area contributed by atoms with E-state index in [1.807, 2.05) is 0 Å². The van der Waals surface area contributed by atoms with Crippen LogP contribution in [0.5, 0.6) is 0 Å². The lowest BCUT2D eigenvalue weighted by atomic mass is 9.77. The summed E-state index contributed by atoms with van der Waals surface area (Å²) < 4.78 is 0. The van der Waals surface area contributed by atoms with Crippen LogP contribution in [0, 0.1) is 0 Å². The van der Waals surface area contributed by atoms with E-state index in [0.29, 0.717) is 5.92 Å². The Labute approximate surface area is 98.5 Å². The van der Waals surface area contributed by atoms with Crippen molar-refractivity contribution in [1.29, 1.82) is 0 Å². The number of aryl methyl sites for hydroxylation is 2. The zero-order chi connectivity index (χ0) is 11.7. The summed E-state index contributed by atoms with van der Waals surface area (Å²) in [5.41, 5.74) is 5.46. The molecule has 0 spiro atoms. The number of rotatable bonds is 2. The number of aliphatic hydroxyl groups is 1. The molecule has 1 aromatic carbocycles. The Kier molecular flexibility index (Phi) is 3.34. The molecule has 0 bridgehead atoms. The fraction of sp³-hybridized carbons (Fsp3) is 0.600. The van der Waals surface area contributed by atoms with E-state index in [1.54, 1.807) is 0 Å². The van der Waals surface area contributed by atoms with Gasteiger partial charge < -0.3 is 5.11 Å². The molecule has 88 valence electrons. The highest BCUT2D eigenvalue weighted by Gasteiger charge is 2.27. The van der Waals surface area contributed by atoms with Crippen LogP contribution in [0.25, 0.3) is 0 Å². The Bertz CT molecular complexity index is 344. The van der Waals surface area contributed by atoms with Gasteiger partial charge in [-0.1, -0.05) is 32.9 Å². The van der Waals surface area contributed by atoms with Crippen LogP contribution in [0.1, 0.15) is 67.9 Å². The smallest absolute Gasteiger partial charge is 0.0795 e. The lowest BCUT2D eigenvalue weighted by Crippen LogP contribution is -2.17. The van der Waals surface area contributed by atoms with Gasteiger partial charge in [0.25, 0.3) is 0 Å². The van der Waals surface area contributed by atoms with E-state index in [1.165, 1.54) is 22.3 Å². The van der Waals surface area contributed by atoms with Crippen LogP contribution in [0.2, 0.25) is 0 Å². The monoisotopic (exact) mass is 218 g/mol. The molecule has 2 atom stereocenters. The van der Waals surface area contributed by atoms with E-state index in [-0.39, 0.29) is 6.10 Å². The molecule has 0 heterocycles. The summed E-state index contributed by atoms with van der Waals surface area (Å²) in [6.07, 6.45) is 3.91. The zero-order valence-electron chi connectivity index (χ0n) is 10.6. The van der Waals surface area contributed by atoms with E-state index in [0.717, 1.165) is 25.7 Å². The second kappa shape index (κ2) is 4.58. The fourth-order valence-electron chi connectivity index (χ4n) is 3.02. The summed E-state index contributed by atoms with van der Waals surface area (Å²) >= 11 is 0. The largest absolute Gasteiger partial charge is 0.388 e. The maximum Gasteiger partial charge on any atom is 0.0795 e. The van der Waals surface area contributed by atoms with Crippen molar-refractivity contribution in [2.75, 3.05) is 0 Å². The van der Waals surface area contributed by atoms with Gasteiger partial charge in [-0.3, -0.25) is 0 Å². The molecule has 0 saturated carbocycles. The van der Waals surface area contributed by atoms with Crippen molar-refractivity contribution in [3.8, 4) is 0 Å². The number of aliphatic hydroxyl groups excluding tert-OH is 1. The van der Waals surface area contributed by atoms with Crippen LogP contribution in [0.15, 0.2) is 12.1 Å². The first kappa shape index (κ1) is 11.7. The van der Waals surface area contributed by atoms with Crippen molar-refractivity contribution < 1.29 is 5.11 Å². The normalized spacial score (nSPS) is 24.2. The van der Waals surface area contributed by atoms with Gasteiger partial charge in [-0.25, -0.2) is 0 Å². The van der Waals surface area contributed by atoms with Crippen LogP contribution >= 0.6 is 0 Å². The van der Waals surface area contributed by atoms with E-state index in [4.69, 9.17) is 0 Å².